The third kappa shape index (κ3) is 1.76. The maximum Gasteiger partial charge on any atom is 0.284 e. The summed E-state index contributed by atoms with van der Waals surface area (Å²) in [5.41, 5.74) is 1.18. The summed E-state index contributed by atoms with van der Waals surface area (Å²) in [5, 5.41) is 0.620. The summed E-state index contributed by atoms with van der Waals surface area (Å²) in [6.45, 7) is 0. The molecule has 0 atom stereocenters. The van der Waals surface area contributed by atoms with Crippen molar-refractivity contribution in [2.45, 2.75) is 6.43 Å². The Bertz CT molecular complexity index is 783. The van der Waals surface area contributed by atoms with Gasteiger partial charge in [-0.05, 0) is 6.07 Å². The minimum Gasteiger partial charge on any atom is -0.443 e. The van der Waals surface area contributed by atoms with Crippen LogP contribution in [0.2, 0.25) is 0 Å². The molecule has 6 heteroatoms. The van der Waals surface area contributed by atoms with Gasteiger partial charge in [0.15, 0.2) is 17.8 Å². The molecule has 3 heterocycles. The van der Waals surface area contributed by atoms with E-state index in [1.165, 1.54) is 6.20 Å². The van der Waals surface area contributed by atoms with Gasteiger partial charge in [0, 0.05) is 28.9 Å². The molecular formula is C13H7F2N3O. The minimum atomic E-state index is -2.71. The van der Waals surface area contributed by atoms with Crippen molar-refractivity contribution < 1.29 is 13.2 Å². The lowest BCUT2D eigenvalue weighted by Gasteiger charge is -1.99. The van der Waals surface area contributed by atoms with E-state index in [4.69, 9.17) is 10.8 Å². The Balaban J connectivity index is 2.25. The standard InChI is InChI=1S/C13H7F2N3O/c1-2-7-3-8-9(5-17-13(8)16-4-7)11-10(12(14)15)18-6-19-11/h1,3-6,12H,(H,16,17). The van der Waals surface area contributed by atoms with Gasteiger partial charge in [-0.25, -0.2) is 18.7 Å². The first kappa shape index (κ1) is 11.4. The molecule has 0 aliphatic heterocycles. The van der Waals surface area contributed by atoms with Crippen molar-refractivity contribution in [2.75, 3.05) is 0 Å². The molecule has 0 aliphatic rings. The highest BCUT2D eigenvalue weighted by atomic mass is 19.3. The third-order valence-corrected chi connectivity index (χ3v) is 2.74. The van der Waals surface area contributed by atoms with Crippen LogP contribution >= 0.6 is 0 Å². The predicted octanol–water partition coefficient (Wildman–Crippen LogP) is 3.14. The molecule has 19 heavy (non-hydrogen) atoms. The fourth-order valence-corrected chi connectivity index (χ4v) is 1.88. The smallest absolute Gasteiger partial charge is 0.284 e. The summed E-state index contributed by atoms with van der Waals surface area (Å²) in [7, 11) is 0. The number of oxazole rings is 1. The molecule has 1 N–H and O–H groups in total. The number of alkyl halides is 2. The molecule has 0 aliphatic carbocycles. The van der Waals surface area contributed by atoms with Crippen LogP contribution in [-0.2, 0) is 0 Å². The summed E-state index contributed by atoms with van der Waals surface area (Å²) >= 11 is 0. The SMILES string of the molecule is C#Cc1cnc2[nH]cc(-c3ocnc3C(F)F)c2c1. The van der Waals surface area contributed by atoms with Crippen LogP contribution in [0.1, 0.15) is 17.7 Å². The molecule has 0 bridgehead atoms. The molecule has 3 rings (SSSR count). The number of halogens is 2. The molecule has 0 aromatic carbocycles. The first-order valence-corrected chi connectivity index (χ1v) is 5.36. The Morgan fingerprint density at radius 2 is 2.21 bits per heavy atom. The molecule has 0 fully saturated rings. The van der Waals surface area contributed by atoms with Gasteiger partial charge >= 0.3 is 0 Å². The summed E-state index contributed by atoms with van der Waals surface area (Å²) in [5.74, 6) is 2.47. The second-order valence-electron chi connectivity index (χ2n) is 3.83. The van der Waals surface area contributed by atoms with E-state index >= 15 is 0 Å². The van der Waals surface area contributed by atoms with Crippen LogP contribution in [0.5, 0.6) is 0 Å². The highest BCUT2D eigenvalue weighted by Crippen LogP contribution is 2.34. The fourth-order valence-electron chi connectivity index (χ4n) is 1.88. The molecule has 3 aromatic heterocycles. The number of H-pyrrole nitrogens is 1. The van der Waals surface area contributed by atoms with E-state index in [1.807, 2.05) is 0 Å². The Hall–Kier alpha value is -2.68. The molecule has 3 aromatic rings. The number of aromatic amines is 1. The van der Waals surface area contributed by atoms with Crippen LogP contribution < -0.4 is 0 Å². The van der Waals surface area contributed by atoms with Gasteiger partial charge in [0.05, 0.1) is 0 Å². The summed E-state index contributed by atoms with van der Waals surface area (Å²) in [6, 6.07) is 1.69. The molecule has 0 spiro atoms. The predicted molar refractivity (Wildman–Crippen MR) is 64.5 cm³/mol. The summed E-state index contributed by atoms with van der Waals surface area (Å²) < 4.78 is 30.7. The van der Waals surface area contributed by atoms with Crippen molar-refractivity contribution in [3.63, 3.8) is 0 Å². The number of nitrogens with zero attached hydrogens (tertiary/aromatic N) is 2. The summed E-state index contributed by atoms with van der Waals surface area (Å²) in [4.78, 5) is 10.5. The third-order valence-electron chi connectivity index (χ3n) is 2.74. The van der Waals surface area contributed by atoms with Crippen molar-refractivity contribution in [1.82, 2.24) is 15.0 Å². The largest absolute Gasteiger partial charge is 0.443 e. The van der Waals surface area contributed by atoms with Gasteiger partial charge in [-0.2, -0.15) is 0 Å². The van der Waals surface area contributed by atoms with Gasteiger partial charge in [0.25, 0.3) is 6.43 Å². The Labute approximate surface area is 106 Å². The van der Waals surface area contributed by atoms with Crippen LogP contribution in [-0.4, -0.2) is 15.0 Å². The van der Waals surface area contributed by atoms with Crippen LogP contribution in [0.25, 0.3) is 22.4 Å². The topological polar surface area (TPSA) is 54.7 Å². The van der Waals surface area contributed by atoms with Crippen molar-refractivity contribution in [3.8, 4) is 23.7 Å². The van der Waals surface area contributed by atoms with E-state index in [2.05, 4.69) is 20.9 Å². The van der Waals surface area contributed by atoms with Gasteiger partial charge in [0.2, 0.25) is 0 Å². The lowest BCUT2D eigenvalue weighted by molar-refractivity contribution is 0.147. The highest BCUT2D eigenvalue weighted by molar-refractivity contribution is 5.93. The molecule has 4 nitrogen and oxygen atoms in total. The quantitative estimate of drug-likeness (QED) is 0.719. The van der Waals surface area contributed by atoms with Gasteiger partial charge < -0.3 is 9.40 Å². The maximum absolute atomic E-state index is 12.8. The average Bonchev–Trinajstić information content (AvgIpc) is 3.03. The van der Waals surface area contributed by atoms with Crippen molar-refractivity contribution in [1.29, 1.82) is 0 Å². The molecule has 0 amide bonds. The van der Waals surface area contributed by atoms with E-state index in [-0.39, 0.29) is 5.76 Å². The van der Waals surface area contributed by atoms with E-state index in [0.29, 0.717) is 22.2 Å². The molecular weight excluding hydrogens is 252 g/mol. The Morgan fingerprint density at radius 1 is 1.37 bits per heavy atom. The van der Waals surface area contributed by atoms with Gasteiger partial charge in [-0.15, -0.1) is 6.42 Å². The van der Waals surface area contributed by atoms with Crippen molar-refractivity contribution in [3.05, 3.63) is 36.1 Å². The van der Waals surface area contributed by atoms with Crippen LogP contribution in [0, 0.1) is 12.3 Å². The molecule has 0 saturated carbocycles. The normalized spacial score (nSPS) is 11.1. The van der Waals surface area contributed by atoms with Crippen molar-refractivity contribution >= 4 is 11.0 Å². The Kier molecular flexibility index (Phi) is 2.53. The summed E-state index contributed by atoms with van der Waals surface area (Å²) in [6.07, 6.45) is 6.66. The molecule has 0 saturated heterocycles. The lowest BCUT2D eigenvalue weighted by Crippen LogP contribution is -1.87. The number of nitrogens with one attached hydrogen (secondary N) is 1. The first-order chi connectivity index (χ1) is 9.20. The lowest BCUT2D eigenvalue weighted by atomic mass is 10.1. The Morgan fingerprint density at radius 3 is 2.95 bits per heavy atom. The van der Waals surface area contributed by atoms with E-state index < -0.39 is 12.1 Å². The van der Waals surface area contributed by atoms with E-state index in [0.717, 1.165) is 6.39 Å². The zero-order valence-corrected chi connectivity index (χ0v) is 9.52. The number of fused-ring (bicyclic) bond motifs is 1. The minimum absolute atomic E-state index is 0.0252. The number of terminal acetylenes is 1. The van der Waals surface area contributed by atoms with Gasteiger partial charge in [-0.1, -0.05) is 5.92 Å². The first-order valence-electron chi connectivity index (χ1n) is 5.36. The zero-order chi connectivity index (χ0) is 13.4. The monoisotopic (exact) mass is 259 g/mol. The van der Waals surface area contributed by atoms with Gasteiger partial charge in [-0.3, -0.25) is 0 Å². The van der Waals surface area contributed by atoms with Crippen LogP contribution in [0.4, 0.5) is 8.78 Å². The fraction of sp³-hybridized carbons (Fsp3) is 0.0769. The number of hydrogen-bond acceptors (Lipinski definition) is 3. The average molecular weight is 259 g/mol. The molecule has 94 valence electrons. The zero-order valence-electron chi connectivity index (χ0n) is 9.52. The van der Waals surface area contributed by atoms with E-state index in [9.17, 15) is 8.78 Å². The number of pyridine rings is 1. The highest BCUT2D eigenvalue weighted by Gasteiger charge is 2.22. The molecule has 0 radical (unpaired) electrons. The molecule has 0 unspecified atom stereocenters. The van der Waals surface area contributed by atoms with Crippen LogP contribution in [0.15, 0.2) is 29.3 Å². The van der Waals surface area contributed by atoms with Gasteiger partial charge in [0.1, 0.15) is 5.65 Å². The second kappa shape index (κ2) is 4.21. The number of rotatable bonds is 2. The number of aromatic nitrogens is 3. The van der Waals surface area contributed by atoms with Crippen LogP contribution in [0.3, 0.4) is 0 Å². The van der Waals surface area contributed by atoms with Crippen molar-refractivity contribution in [2.24, 2.45) is 0 Å². The second-order valence-corrected chi connectivity index (χ2v) is 3.83. The van der Waals surface area contributed by atoms with E-state index in [1.54, 1.807) is 12.3 Å². The maximum atomic E-state index is 12.8. The number of hydrogen-bond donors (Lipinski definition) is 1.